The number of halogens is 2. The fourth-order valence-electron chi connectivity index (χ4n) is 1.48. The minimum atomic E-state index is -0.358. The highest BCUT2D eigenvalue weighted by Crippen LogP contribution is 2.32. The quantitative estimate of drug-likeness (QED) is 0.902. The number of benzene rings is 2. The Balaban J connectivity index is 2.35. The van der Waals surface area contributed by atoms with Gasteiger partial charge in [0.05, 0.1) is 5.02 Å². The largest absolute Gasteiger partial charge is 0.455 e. The number of hydrogen-bond donors (Lipinski definition) is 1. The molecule has 0 bridgehead atoms. The molecule has 2 aromatic rings. The van der Waals surface area contributed by atoms with Crippen molar-refractivity contribution in [2.45, 2.75) is 6.54 Å². The molecule has 2 nitrogen and oxygen atoms in total. The van der Waals surface area contributed by atoms with Crippen molar-refractivity contribution in [1.82, 2.24) is 0 Å². The molecule has 17 heavy (non-hydrogen) atoms. The Morgan fingerprint density at radius 3 is 2.65 bits per heavy atom. The third-order valence-electron chi connectivity index (χ3n) is 2.28. The van der Waals surface area contributed by atoms with Crippen LogP contribution in [0.15, 0.2) is 42.5 Å². The van der Waals surface area contributed by atoms with Crippen molar-refractivity contribution >= 4 is 11.6 Å². The molecule has 0 aromatic heterocycles. The summed E-state index contributed by atoms with van der Waals surface area (Å²) >= 11 is 6.02. The molecule has 0 spiro atoms. The Labute approximate surface area is 104 Å². The number of nitrogens with two attached hydrogens (primary N) is 1. The number of ether oxygens (including phenoxy) is 1. The molecule has 0 saturated carbocycles. The van der Waals surface area contributed by atoms with Crippen molar-refractivity contribution in [1.29, 1.82) is 0 Å². The van der Waals surface area contributed by atoms with Crippen LogP contribution in [0.2, 0.25) is 5.02 Å². The summed E-state index contributed by atoms with van der Waals surface area (Å²) in [6.45, 7) is 0.311. The summed E-state index contributed by atoms with van der Waals surface area (Å²) in [5.41, 5.74) is 6.37. The molecule has 0 aliphatic heterocycles. The van der Waals surface area contributed by atoms with Gasteiger partial charge in [0.15, 0.2) is 0 Å². The van der Waals surface area contributed by atoms with Crippen LogP contribution >= 0.6 is 11.6 Å². The molecule has 2 N–H and O–H groups in total. The van der Waals surface area contributed by atoms with E-state index in [2.05, 4.69) is 0 Å². The summed E-state index contributed by atoms with van der Waals surface area (Å²) in [5, 5.41) is 0.456. The highest BCUT2D eigenvalue weighted by atomic mass is 35.5. The molecule has 0 aliphatic carbocycles. The average Bonchev–Trinajstić information content (AvgIpc) is 2.32. The van der Waals surface area contributed by atoms with E-state index in [1.807, 2.05) is 6.07 Å². The minimum absolute atomic E-state index is 0.311. The van der Waals surface area contributed by atoms with E-state index in [4.69, 9.17) is 22.1 Å². The van der Waals surface area contributed by atoms with Gasteiger partial charge < -0.3 is 10.5 Å². The van der Waals surface area contributed by atoms with Gasteiger partial charge in [0.2, 0.25) is 0 Å². The van der Waals surface area contributed by atoms with E-state index in [0.29, 0.717) is 23.1 Å². The predicted octanol–water partition coefficient (Wildman–Crippen LogP) is 3.73. The zero-order valence-corrected chi connectivity index (χ0v) is 9.75. The van der Waals surface area contributed by atoms with E-state index >= 15 is 0 Å². The molecule has 88 valence electrons. The maximum Gasteiger partial charge on any atom is 0.150 e. The lowest BCUT2D eigenvalue weighted by Gasteiger charge is -2.11. The van der Waals surface area contributed by atoms with Crippen LogP contribution in [0.5, 0.6) is 11.5 Å². The standard InChI is InChI=1S/C13H11ClFNO/c14-12-6-1-3-9(8-16)13(12)17-11-5-2-4-10(15)7-11/h1-7H,8,16H2. The lowest BCUT2D eigenvalue weighted by atomic mass is 10.2. The number of hydrogen-bond acceptors (Lipinski definition) is 2. The minimum Gasteiger partial charge on any atom is -0.455 e. The van der Waals surface area contributed by atoms with E-state index in [9.17, 15) is 4.39 Å². The van der Waals surface area contributed by atoms with E-state index in [1.165, 1.54) is 12.1 Å². The summed E-state index contributed by atoms with van der Waals surface area (Å²) in [6.07, 6.45) is 0. The van der Waals surface area contributed by atoms with E-state index < -0.39 is 0 Å². The smallest absolute Gasteiger partial charge is 0.150 e. The van der Waals surface area contributed by atoms with Crippen molar-refractivity contribution in [3.63, 3.8) is 0 Å². The molecule has 0 heterocycles. The number of rotatable bonds is 3. The monoisotopic (exact) mass is 251 g/mol. The Morgan fingerprint density at radius 1 is 1.18 bits per heavy atom. The average molecular weight is 252 g/mol. The molecule has 2 aromatic carbocycles. The predicted molar refractivity (Wildman–Crippen MR) is 65.8 cm³/mol. The van der Waals surface area contributed by atoms with Gasteiger partial charge in [-0.2, -0.15) is 0 Å². The first-order valence-corrected chi connectivity index (χ1v) is 5.49. The van der Waals surface area contributed by atoms with Crippen LogP contribution in [0.4, 0.5) is 4.39 Å². The maximum absolute atomic E-state index is 13.0. The van der Waals surface area contributed by atoms with Gasteiger partial charge in [-0.05, 0) is 18.2 Å². The second-order valence-corrected chi connectivity index (χ2v) is 3.90. The molecular weight excluding hydrogens is 241 g/mol. The first-order chi connectivity index (χ1) is 8.20. The van der Waals surface area contributed by atoms with Crippen LogP contribution in [-0.2, 0) is 6.54 Å². The summed E-state index contributed by atoms with van der Waals surface area (Å²) < 4.78 is 18.6. The van der Waals surface area contributed by atoms with Gasteiger partial charge >= 0.3 is 0 Å². The molecule has 0 saturated heterocycles. The van der Waals surface area contributed by atoms with E-state index in [-0.39, 0.29) is 5.82 Å². The molecule has 0 aliphatic rings. The molecule has 4 heteroatoms. The van der Waals surface area contributed by atoms with Crippen molar-refractivity contribution in [2.24, 2.45) is 5.73 Å². The van der Waals surface area contributed by atoms with Gasteiger partial charge in [0.1, 0.15) is 17.3 Å². The fourth-order valence-corrected chi connectivity index (χ4v) is 1.71. The van der Waals surface area contributed by atoms with Crippen LogP contribution < -0.4 is 10.5 Å². The summed E-state index contributed by atoms with van der Waals surface area (Å²) in [7, 11) is 0. The summed E-state index contributed by atoms with van der Waals surface area (Å²) in [6, 6.07) is 11.2. The van der Waals surface area contributed by atoms with Crippen LogP contribution in [0, 0.1) is 5.82 Å². The van der Waals surface area contributed by atoms with Crippen LogP contribution in [0.1, 0.15) is 5.56 Å². The van der Waals surface area contributed by atoms with Crippen LogP contribution in [0.3, 0.4) is 0 Å². The molecule has 0 radical (unpaired) electrons. The SMILES string of the molecule is NCc1cccc(Cl)c1Oc1cccc(F)c1. The zero-order valence-electron chi connectivity index (χ0n) is 8.99. The van der Waals surface area contributed by atoms with E-state index in [1.54, 1.807) is 24.3 Å². The summed E-state index contributed by atoms with van der Waals surface area (Å²) in [4.78, 5) is 0. The Kier molecular flexibility index (Phi) is 3.61. The van der Waals surface area contributed by atoms with Crippen molar-refractivity contribution in [3.05, 3.63) is 58.9 Å². The van der Waals surface area contributed by atoms with Crippen molar-refractivity contribution < 1.29 is 9.13 Å². The lowest BCUT2D eigenvalue weighted by Crippen LogP contribution is -1.99. The second-order valence-electron chi connectivity index (χ2n) is 3.49. The molecule has 2 rings (SSSR count). The van der Waals surface area contributed by atoms with Gasteiger partial charge in [0.25, 0.3) is 0 Å². The maximum atomic E-state index is 13.0. The van der Waals surface area contributed by atoms with Crippen molar-refractivity contribution in [3.8, 4) is 11.5 Å². The molecule has 0 unspecified atom stereocenters. The van der Waals surface area contributed by atoms with Gasteiger partial charge in [-0.15, -0.1) is 0 Å². The van der Waals surface area contributed by atoms with E-state index in [0.717, 1.165) is 5.56 Å². The van der Waals surface area contributed by atoms with Crippen molar-refractivity contribution in [2.75, 3.05) is 0 Å². The number of para-hydroxylation sites is 1. The van der Waals surface area contributed by atoms with Crippen LogP contribution in [-0.4, -0.2) is 0 Å². The topological polar surface area (TPSA) is 35.2 Å². The third kappa shape index (κ3) is 2.75. The Hall–Kier alpha value is -1.58. The molecular formula is C13H11ClFNO. The first-order valence-electron chi connectivity index (χ1n) is 5.11. The normalized spacial score (nSPS) is 10.3. The highest BCUT2D eigenvalue weighted by Gasteiger charge is 2.08. The van der Waals surface area contributed by atoms with Crippen LogP contribution in [0.25, 0.3) is 0 Å². The van der Waals surface area contributed by atoms with Gasteiger partial charge in [0, 0.05) is 18.2 Å². The zero-order chi connectivity index (χ0) is 12.3. The second kappa shape index (κ2) is 5.17. The lowest BCUT2D eigenvalue weighted by molar-refractivity contribution is 0.471. The van der Waals surface area contributed by atoms with Gasteiger partial charge in [-0.25, -0.2) is 4.39 Å². The third-order valence-corrected chi connectivity index (χ3v) is 2.58. The Morgan fingerprint density at radius 2 is 1.94 bits per heavy atom. The van der Waals surface area contributed by atoms with Gasteiger partial charge in [-0.3, -0.25) is 0 Å². The first kappa shape index (κ1) is 11.9. The molecule has 0 fully saturated rings. The molecule has 0 amide bonds. The Bertz CT molecular complexity index is 531. The fraction of sp³-hybridized carbons (Fsp3) is 0.0769. The molecule has 0 atom stereocenters. The summed E-state index contributed by atoms with van der Waals surface area (Å²) in [5.74, 6) is 0.513. The highest BCUT2D eigenvalue weighted by molar-refractivity contribution is 6.32. The van der Waals surface area contributed by atoms with Gasteiger partial charge in [-0.1, -0.05) is 29.8 Å².